The number of hydrogen-bond donors (Lipinski definition) is 0. The van der Waals surface area contributed by atoms with Crippen LogP contribution in [-0.2, 0) is 4.74 Å². The van der Waals surface area contributed by atoms with Gasteiger partial charge in [0.25, 0.3) is 0 Å². The molecule has 0 saturated heterocycles. The molecule has 68 valence electrons. The first-order valence-electron chi connectivity index (χ1n) is 4.37. The minimum absolute atomic E-state index is 0.345. The molecule has 0 heterocycles. The maximum atomic E-state index is 6.03. The average molecular weight is 179 g/mol. The van der Waals surface area contributed by atoms with E-state index in [0.29, 0.717) is 11.5 Å². The summed E-state index contributed by atoms with van der Waals surface area (Å²) in [6, 6.07) is 0. The molecule has 0 amide bonds. The van der Waals surface area contributed by atoms with Crippen LogP contribution in [0, 0.1) is 0 Å². The lowest BCUT2D eigenvalue weighted by atomic mass is 10.1. The molecule has 2 heteroatoms. The van der Waals surface area contributed by atoms with E-state index in [1.165, 1.54) is 6.42 Å². The summed E-state index contributed by atoms with van der Waals surface area (Å²) < 4.78 is 5.12. The van der Waals surface area contributed by atoms with Gasteiger partial charge in [-0.25, -0.2) is 0 Å². The van der Waals surface area contributed by atoms with E-state index in [4.69, 9.17) is 16.3 Å². The van der Waals surface area contributed by atoms with Gasteiger partial charge < -0.3 is 4.74 Å². The zero-order chi connectivity index (χ0) is 8.69. The Morgan fingerprint density at radius 3 is 2.36 bits per heavy atom. The molecule has 0 spiro atoms. The van der Waals surface area contributed by atoms with Gasteiger partial charge in [-0.2, -0.15) is 0 Å². The first-order valence-corrected chi connectivity index (χ1v) is 4.81. The van der Waals surface area contributed by atoms with Gasteiger partial charge in [0.05, 0.1) is 6.10 Å². The Bertz CT molecular complexity index is 85.6. The molecule has 2 atom stereocenters. The molecule has 2 unspecified atom stereocenters. The molecule has 0 aliphatic carbocycles. The summed E-state index contributed by atoms with van der Waals surface area (Å²) >= 11 is 6.03. The highest BCUT2D eigenvalue weighted by atomic mass is 35.5. The number of rotatable bonds is 6. The summed E-state index contributed by atoms with van der Waals surface area (Å²) in [5, 5.41) is 0.345. The summed E-state index contributed by atoms with van der Waals surface area (Å²) in [6.45, 7) is 4.24. The van der Waals surface area contributed by atoms with E-state index in [1.54, 1.807) is 7.11 Å². The molecule has 0 fully saturated rings. The highest BCUT2D eigenvalue weighted by Crippen LogP contribution is 2.13. The van der Waals surface area contributed by atoms with Gasteiger partial charge in [-0.3, -0.25) is 0 Å². The lowest BCUT2D eigenvalue weighted by molar-refractivity contribution is 0.108. The van der Waals surface area contributed by atoms with E-state index in [9.17, 15) is 0 Å². The van der Waals surface area contributed by atoms with Crippen molar-refractivity contribution >= 4 is 11.6 Å². The van der Waals surface area contributed by atoms with Gasteiger partial charge >= 0.3 is 0 Å². The van der Waals surface area contributed by atoms with Crippen molar-refractivity contribution in [2.24, 2.45) is 0 Å². The second-order valence-corrected chi connectivity index (χ2v) is 3.63. The Balaban J connectivity index is 3.22. The van der Waals surface area contributed by atoms with Crippen LogP contribution in [0.3, 0.4) is 0 Å². The number of halogens is 1. The maximum Gasteiger partial charge on any atom is 0.0543 e. The highest BCUT2D eigenvalue weighted by molar-refractivity contribution is 6.20. The van der Waals surface area contributed by atoms with Crippen molar-refractivity contribution < 1.29 is 4.74 Å². The van der Waals surface area contributed by atoms with Crippen LogP contribution in [0.5, 0.6) is 0 Å². The Kier molecular flexibility index (Phi) is 7.09. The molecule has 0 bridgehead atoms. The largest absolute Gasteiger partial charge is 0.382 e. The third kappa shape index (κ3) is 6.64. The smallest absolute Gasteiger partial charge is 0.0543 e. The molecule has 0 saturated carbocycles. The number of hydrogen-bond acceptors (Lipinski definition) is 1. The monoisotopic (exact) mass is 178 g/mol. The molecule has 0 aliphatic heterocycles. The van der Waals surface area contributed by atoms with Gasteiger partial charge in [-0.1, -0.05) is 13.3 Å². The van der Waals surface area contributed by atoms with Gasteiger partial charge in [0.1, 0.15) is 0 Å². The van der Waals surface area contributed by atoms with Crippen LogP contribution in [0.15, 0.2) is 0 Å². The Morgan fingerprint density at radius 2 is 1.91 bits per heavy atom. The van der Waals surface area contributed by atoms with E-state index >= 15 is 0 Å². The van der Waals surface area contributed by atoms with Gasteiger partial charge in [0, 0.05) is 12.5 Å². The minimum Gasteiger partial charge on any atom is -0.382 e. The van der Waals surface area contributed by atoms with Crippen molar-refractivity contribution in [2.75, 3.05) is 7.11 Å². The van der Waals surface area contributed by atoms with E-state index < -0.39 is 0 Å². The van der Waals surface area contributed by atoms with Gasteiger partial charge in [0.2, 0.25) is 0 Å². The SMILES string of the molecule is CCCC(Cl)CCC(C)OC. The summed E-state index contributed by atoms with van der Waals surface area (Å²) in [4.78, 5) is 0. The minimum atomic E-state index is 0.345. The van der Waals surface area contributed by atoms with Crippen molar-refractivity contribution in [2.45, 2.75) is 51.0 Å². The quantitative estimate of drug-likeness (QED) is 0.568. The Labute approximate surface area is 75.1 Å². The zero-order valence-electron chi connectivity index (χ0n) is 7.77. The van der Waals surface area contributed by atoms with E-state index in [0.717, 1.165) is 19.3 Å². The van der Waals surface area contributed by atoms with Crippen molar-refractivity contribution in [3.63, 3.8) is 0 Å². The summed E-state index contributed by atoms with van der Waals surface area (Å²) in [5.74, 6) is 0. The van der Waals surface area contributed by atoms with Crippen molar-refractivity contribution in [1.29, 1.82) is 0 Å². The molecule has 0 aliphatic rings. The topological polar surface area (TPSA) is 9.23 Å². The summed E-state index contributed by atoms with van der Waals surface area (Å²) in [7, 11) is 1.74. The van der Waals surface area contributed by atoms with E-state index in [2.05, 4.69) is 13.8 Å². The Hall–Kier alpha value is 0.250. The van der Waals surface area contributed by atoms with Gasteiger partial charge in [0.15, 0.2) is 0 Å². The van der Waals surface area contributed by atoms with Crippen molar-refractivity contribution in [3.8, 4) is 0 Å². The van der Waals surface area contributed by atoms with Gasteiger partial charge in [-0.15, -0.1) is 11.6 Å². The molecular weight excluding hydrogens is 160 g/mol. The highest BCUT2D eigenvalue weighted by Gasteiger charge is 2.05. The van der Waals surface area contributed by atoms with Gasteiger partial charge in [-0.05, 0) is 26.2 Å². The first kappa shape index (κ1) is 11.2. The third-order valence-electron chi connectivity index (χ3n) is 1.89. The molecule has 1 nitrogen and oxygen atoms in total. The second-order valence-electron chi connectivity index (χ2n) is 3.01. The molecular formula is C9H19ClO. The Morgan fingerprint density at radius 1 is 1.27 bits per heavy atom. The molecule has 0 aromatic heterocycles. The van der Waals surface area contributed by atoms with Crippen LogP contribution in [-0.4, -0.2) is 18.6 Å². The number of alkyl halides is 1. The van der Waals surface area contributed by atoms with Crippen LogP contribution >= 0.6 is 11.6 Å². The number of ether oxygens (including phenoxy) is 1. The van der Waals surface area contributed by atoms with Crippen molar-refractivity contribution in [1.82, 2.24) is 0 Å². The fraction of sp³-hybridized carbons (Fsp3) is 1.00. The van der Waals surface area contributed by atoms with Crippen LogP contribution in [0.4, 0.5) is 0 Å². The van der Waals surface area contributed by atoms with Crippen molar-refractivity contribution in [3.05, 3.63) is 0 Å². The third-order valence-corrected chi connectivity index (χ3v) is 2.33. The molecule has 0 N–H and O–H groups in total. The molecule has 0 rings (SSSR count). The standard InChI is InChI=1S/C9H19ClO/c1-4-5-9(10)7-6-8(2)11-3/h8-9H,4-7H2,1-3H3. The van der Waals surface area contributed by atoms with Crippen LogP contribution in [0.25, 0.3) is 0 Å². The lowest BCUT2D eigenvalue weighted by Crippen LogP contribution is -2.08. The molecule has 0 aromatic rings. The summed E-state index contributed by atoms with van der Waals surface area (Å²) in [5.41, 5.74) is 0. The molecule has 0 radical (unpaired) electrons. The number of methoxy groups -OCH3 is 1. The van der Waals surface area contributed by atoms with E-state index in [1.807, 2.05) is 0 Å². The summed E-state index contributed by atoms with van der Waals surface area (Å²) in [6.07, 6.45) is 4.80. The fourth-order valence-corrected chi connectivity index (χ4v) is 1.34. The maximum absolute atomic E-state index is 6.03. The molecule has 11 heavy (non-hydrogen) atoms. The lowest BCUT2D eigenvalue weighted by Gasteiger charge is -2.11. The predicted molar refractivity (Wildman–Crippen MR) is 50.3 cm³/mol. The van der Waals surface area contributed by atoms with Crippen LogP contribution < -0.4 is 0 Å². The van der Waals surface area contributed by atoms with Crippen LogP contribution in [0.2, 0.25) is 0 Å². The second kappa shape index (κ2) is 6.93. The predicted octanol–water partition coefficient (Wildman–Crippen LogP) is 3.21. The molecule has 0 aromatic carbocycles. The normalized spacial score (nSPS) is 16.4. The van der Waals surface area contributed by atoms with E-state index in [-0.39, 0.29) is 0 Å². The first-order chi connectivity index (χ1) is 5.20. The zero-order valence-corrected chi connectivity index (χ0v) is 8.53. The fourth-order valence-electron chi connectivity index (χ4n) is 0.991. The van der Waals surface area contributed by atoms with Crippen LogP contribution in [0.1, 0.15) is 39.5 Å². The average Bonchev–Trinajstić information content (AvgIpc) is 2.01.